The molecule has 0 saturated heterocycles. The number of esters is 1. The Labute approximate surface area is 197 Å². The van der Waals surface area contributed by atoms with E-state index in [1.807, 2.05) is 19.1 Å². The van der Waals surface area contributed by atoms with E-state index in [1.165, 1.54) is 89.9 Å². The van der Waals surface area contributed by atoms with Crippen LogP contribution < -0.4 is 0 Å². The van der Waals surface area contributed by atoms with Gasteiger partial charge in [-0.05, 0) is 32.1 Å². The molecular weight excluding hydrogens is 400 g/mol. The maximum atomic E-state index is 12.5. The fraction of sp³-hybridized carbons (Fsp3) is 0.857. The summed E-state index contributed by atoms with van der Waals surface area (Å²) in [5.74, 6) is -2.40. The second kappa shape index (κ2) is 19.2. The summed E-state index contributed by atoms with van der Waals surface area (Å²) < 4.78 is 5.70. The van der Waals surface area contributed by atoms with Crippen LogP contribution in [0.3, 0.4) is 0 Å². The van der Waals surface area contributed by atoms with Crippen LogP contribution in [0.4, 0.5) is 0 Å². The van der Waals surface area contributed by atoms with Gasteiger partial charge in [0.05, 0.1) is 11.8 Å². The van der Waals surface area contributed by atoms with E-state index in [9.17, 15) is 14.7 Å². The van der Waals surface area contributed by atoms with Crippen molar-refractivity contribution in [2.75, 3.05) is 0 Å². The van der Waals surface area contributed by atoms with E-state index in [4.69, 9.17) is 4.74 Å². The molecule has 4 heteroatoms. The number of allylic oxidation sites excluding steroid dienone is 2. The van der Waals surface area contributed by atoms with Crippen LogP contribution in [0, 0.1) is 11.8 Å². The second-order valence-electron chi connectivity index (χ2n) is 9.70. The Kier molecular flexibility index (Phi) is 17.2. The van der Waals surface area contributed by atoms with E-state index in [2.05, 4.69) is 6.92 Å². The van der Waals surface area contributed by atoms with Crippen LogP contribution >= 0.6 is 0 Å². The third-order valence-electron chi connectivity index (χ3n) is 6.92. The summed E-state index contributed by atoms with van der Waals surface area (Å²) in [6, 6.07) is 0. The Balaban J connectivity index is 2.00. The highest BCUT2D eigenvalue weighted by molar-refractivity contribution is 5.81. The third kappa shape index (κ3) is 13.3. The first-order valence-electron chi connectivity index (χ1n) is 13.7. The van der Waals surface area contributed by atoms with Crippen LogP contribution in [0.25, 0.3) is 0 Å². The van der Waals surface area contributed by atoms with Gasteiger partial charge in [0.2, 0.25) is 0 Å². The Morgan fingerprint density at radius 2 is 1.19 bits per heavy atom. The molecule has 0 amide bonds. The van der Waals surface area contributed by atoms with Gasteiger partial charge in [-0.1, -0.05) is 116 Å². The Bertz CT molecular complexity index is 514. The molecule has 3 atom stereocenters. The average Bonchev–Trinajstić information content (AvgIpc) is 2.80. The highest BCUT2D eigenvalue weighted by atomic mass is 16.5. The molecule has 0 fully saturated rings. The monoisotopic (exact) mass is 450 g/mol. The van der Waals surface area contributed by atoms with Gasteiger partial charge in [-0.15, -0.1) is 0 Å². The number of aliphatic carboxylic acids is 1. The zero-order valence-corrected chi connectivity index (χ0v) is 21.0. The quantitative estimate of drug-likeness (QED) is 0.115. The molecule has 0 aliphatic heterocycles. The van der Waals surface area contributed by atoms with E-state index in [0.717, 1.165) is 19.3 Å². The maximum absolute atomic E-state index is 12.5. The van der Waals surface area contributed by atoms with Gasteiger partial charge in [-0.3, -0.25) is 9.59 Å². The smallest absolute Gasteiger partial charge is 0.310 e. The van der Waals surface area contributed by atoms with Crippen molar-refractivity contribution in [3.05, 3.63) is 12.2 Å². The molecule has 0 aromatic carbocycles. The number of carboxylic acids is 1. The van der Waals surface area contributed by atoms with E-state index >= 15 is 0 Å². The lowest BCUT2D eigenvalue weighted by atomic mass is 9.83. The number of hydrogen-bond acceptors (Lipinski definition) is 3. The van der Waals surface area contributed by atoms with E-state index < -0.39 is 17.8 Å². The topological polar surface area (TPSA) is 63.6 Å². The summed E-state index contributed by atoms with van der Waals surface area (Å²) in [6.45, 7) is 4.31. The fourth-order valence-corrected chi connectivity index (χ4v) is 4.69. The molecule has 1 aliphatic carbocycles. The summed E-state index contributed by atoms with van der Waals surface area (Å²) in [5, 5.41) is 9.36. The fourth-order valence-electron chi connectivity index (χ4n) is 4.69. The number of hydrogen-bond donors (Lipinski definition) is 1. The number of rotatable bonds is 20. The Morgan fingerprint density at radius 1 is 0.750 bits per heavy atom. The molecule has 0 saturated carbocycles. The summed E-state index contributed by atoms with van der Waals surface area (Å²) in [6.07, 6.45) is 26.4. The molecule has 0 radical (unpaired) electrons. The van der Waals surface area contributed by atoms with Crippen molar-refractivity contribution in [2.45, 2.75) is 142 Å². The minimum Gasteiger partial charge on any atom is -0.481 e. The first kappa shape index (κ1) is 28.7. The SMILES string of the molecule is CCCCCCCCCCCCCCCCCC(CC)OC(=O)C1CC=CCC1C(=O)O. The predicted molar refractivity (Wildman–Crippen MR) is 133 cm³/mol. The largest absolute Gasteiger partial charge is 0.481 e. The van der Waals surface area contributed by atoms with E-state index in [1.54, 1.807) is 0 Å². The molecule has 186 valence electrons. The normalized spacial score (nSPS) is 19.1. The second-order valence-corrected chi connectivity index (χ2v) is 9.70. The van der Waals surface area contributed by atoms with Gasteiger partial charge in [0.1, 0.15) is 6.10 Å². The van der Waals surface area contributed by atoms with Gasteiger partial charge in [-0.2, -0.15) is 0 Å². The highest BCUT2D eigenvalue weighted by Gasteiger charge is 2.35. The standard InChI is InChI=1S/C28H50O4/c1-3-5-6-7-8-9-10-11-12-13-14-15-16-17-18-21-24(4-2)32-28(31)26-23-20-19-22-25(26)27(29)30/h19-20,24-26H,3-18,21-23H2,1-2H3,(H,29,30). The van der Waals surface area contributed by atoms with Gasteiger partial charge in [0, 0.05) is 0 Å². The minimum atomic E-state index is -0.897. The van der Waals surface area contributed by atoms with Crippen LogP contribution in [-0.4, -0.2) is 23.1 Å². The molecule has 0 bridgehead atoms. The van der Waals surface area contributed by atoms with Crippen molar-refractivity contribution in [3.63, 3.8) is 0 Å². The zero-order chi connectivity index (χ0) is 23.4. The Hall–Kier alpha value is -1.32. The maximum Gasteiger partial charge on any atom is 0.310 e. The van der Waals surface area contributed by atoms with Crippen LogP contribution in [-0.2, 0) is 14.3 Å². The lowest BCUT2D eigenvalue weighted by Gasteiger charge is -2.26. The molecule has 32 heavy (non-hydrogen) atoms. The van der Waals surface area contributed by atoms with Crippen molar-refractivity contribution < 1.29 is 19.4 Å². The lowest BCUT2D eigenvalue weighted by molar-refractivity contribution is -0.162. The number of carbonyl (C=O) groups excluding carboxylic acids is 1. The molecule has 0 heterocycles. The third-order valence-corrected chi connectivity index (χ3v) is 6.92. The number of ether oxygens (including phenoxy) is 1. The Morgan fingerprint density at radius 3 is 1.62 bits per heavy atom. The summed E-state index contributed by atoms with van der Waals surface area (Å²) in [5.41, 5.74) is 0. The van der Waals surface area contributed by atoms with Crippen molar-refractivity contribution in [3.8, 4) is 0 Å². The minimum absolute atomic E-state index is 0.0789. The number of carboxylic acid groups (broad SMARTS) is 1. The summed E-state index contributed by atoms with van der Waals surface area (Å²) in [4.78, 5) is 23.9. The summed E-state index contributed by atoms with van der Waals surface area (Å²) in [7, 11) is 0. The molecule has 0 aromatic heterocycles. The molecule has 4 nitrogen and oxygen atoms in total. The lowest BCUT2D eigenvalue weighted by Crippen LogP contribution is -2.34. The molecule has 0 spiro atoms. The number of carbonyl (C=O) groups is 2. The predicted octanol–water partition coefficient (Wildman–Crippen LogP) is 8.24. The first-order valence-corrected chi connectivity index (χ1v) is 13.7. The van der Waals surface area contributed by atoms with Gasteiger partial charge >= 0.3 is 11.9 Å². The van der Waals surface area contributed by atoms with Crippen LogP contribution in [0.2, 0.25) is 0 Å². The molecule has 1 aliphatic rings. The van der Waals surface area contributed by atoms with Crippen molar-refractivity contribution in [1.29, 1.82) is 0 Å². The van der Waals surface area contributed by atoms with E-state index in [-0.39, 0.29) is 12.1 Å². The van der Waals surface area contributed by atoms with E-state index in [0.29, 0.717) is 12.8 Å². The average molecular weight is 451 g/mol. The van der Waals surface area contributed by atoms with Gasteiger partial charge in [0.15, 0.2) is 0 Å². The first-order chi connectivity index (χ1) is 15.6. The number of unbranched alkanes of at least 4 members (excludes halogenated alkanes) is 14. The van der Waals surface area contributed by atoms with Gasteiger partial charge in [0.25, 0.3) is 0 Å². The molecule has 1 rings (SSSR count). The van der Waals surface area contributed by atoms with Crippen LogP contribution in [0.1, 0.15) is 136 Å². The molecular formula is C28H50O4. The van der Waals surface area contributed by atoms with Gasteiger partial charge < -0.3 is 9.84 Å². The zero-order valence-electron chi connectivity index (χ0n) is 21.0. The molecule has 3 unspecified atom stereocenters. The van der Waals surface area contributed by atoms with Gasteiger partial charge in [-0.25, -0.2) is 0 Å². The van der Waals surface area contributed by atoms with Crippen LogP contribution in [0.15, 0.2) is 12.2 Å². The van der Waals surface area contributed by atoms with Crippen molar-refractivity contribution in [1.82, 2.24) is 0 Å². The summed E-state index contributed by atoms with van der Waals surface area (Å²) >= 11 is 0. The van der Waals surface area contributed by atoms with Crippen molar-refractivity contribution in [2.24, 2.45) is 11.8 Å². The van der Waals surface area contributed by atoms with Crippen LogP contribution in [0.5, 0.6) is 0 Å². The molecule has 1 N–H and O–H groups in total. The highest BCUT2D eigenvalue weighted by Crippen LogP contribution is 2.28. The molecule has 0 aromatic rings. The van der Waals surface area contributed by atoms with Crippen molar-refractivity contribution >= 4 is 11.9 Å².